The minimum absolute atomic E-state index is 0.235. The zero-order valence-corrected chi connectivity index (χ0v) is 31.9. The first-order valence-corrected chi connectivity index (χ1v) is 18.5. The number of hydrogen-bond donors (Lipinski definition) is 2. The van der Waals surface area contributed by atoms with Crippen molar-refractivity contribution in [1.82, 2.24) is 38.7 Å². The number of imidazole rings is 2. The van der Waals surface area contributed by atoms with Gasteiger partial charge in [0.15, 0.2) is 0 Å². The number of aromatic nitrogens is 8. The van der Waals surface area contributed by atoms with E-state index in [2.05, 4.69) is 33.0 Å². The molecule has 2 aromatic carbocycles. The number of carbonyl (C=O) groups is 2. The van der Waals surface area contributed by atoms with Gasteiger partial charge < -0.3 is 18.6 Å². The third kappa shape index (κ3) is 7.84. The summed E-state index contributed by atoms with van der Waals surface area (Å²) in [6.45, 7) is 14.2. The van der Waals surface area contributed by atoms with Gasteiger partial charge >= 0.3 is 0 Å². The third-order valence-corrected chi connectivity index (χ3v) is 8.89. The minimum Gasteiger partial charge on any atom is -0.491 e. The maximum Gasteiger partial charge on any atom is 0.276 e. The lowest BCUT2D eigenvalue weighted by Crippen LogP contribution is -2.20. The van der Waals surface area contributed by atoms with E-state index in [0.29, 0.717) is 101 Å². The summed E-state index contributed by atoms with van der Waals surface area (Å²) < 4.78 is 19.7. The van der Waals surface area contributed by atoms with Gasteiger partial charge in [-0.1, -0.05) is 13.8 Å². The van der Waals surface area contributed by atoms with Gasteiger partial charge in [0.1, 0.15) is 33.9 Å². The summed E-state index contributed by atoms with van der Waals surface area (Å²) in [7, 11) is 0. The Morgan fingerprint density at radius 1 is 0.673 bits per heavy atom. The van der Waals surface area contributed by atoms with Crippen molar-refractivity contribution in [3.05, 3.63) is 70.3 Å². The Morgan fingerprint density at radius 3 is 1.45 bits per heavy atom. The highest BCUT2D eigenvalue weighted by molar-refractivity contribution is 6.04. The van der Waals surface area contributed by atoms with Crippen LogP contribution in [0.15, 0.2) is 36.4 Å². The first kappa shape index (κ1) is 38.1. The zero-order chi connectivity index (χ0) is 39.2. The molecule has 2 N–H and O–H groups in total. The molecule has 0 unspecified atom stereocenters. The topological polar surface area (TPSA) is 196 Å². The van der Waals surface area contributed by atoms with Crippen molar-refractivity contribution in [3.8, 4) is 23.6 Å². The fourth-order valence-corrected chi connectivity index (χ4v) is 6.58. The number of rotatable bonds is 16. The number of carbonyl (C=O) groups excluding carboxylic acids is 2. The van der Waals surface area contributed by atoms with Gasteiger partial charge in [-0.15, -0.1) is 0 Å². The lowest BCUT2D eigenvalue weighted by molar-refractivity contribution is 0.100. The van der Waals surface area contributed by atoms with E-state index in [9.17, 15) is 20.1 Å². The van der Waals surface area contributed by atoms with Crippen LogP contribution in [0.1, 0.15) is 90.4 Å². The number of aryl methyl sites for hydroxylation is 6. The fourth-order valence-electron chi connectivity index (χ4n) is 6.58. The highest BCUT2D eigenvalue weighted by atomic mass is 16.5. The molecular formula is C39H44N12O4. The maximum absolute atomic E-state index is 13.4. The second-order valence-corrected chi connectivity index (χ2v) is 13.0. The molecule has 0 radical (unpaired) electrons. The first-order chi connectivity index (χ1) is 26.6. The number of nitriles is 2. The molecule has 0 aliphatic heterocycles. The number of anilines is 2. The molecule has 16 nitrogen and oxygen atoms in total. The van der Waals surface area contributed by atoms with Gasteiger partial charge in [0.2, 0.25) is 11.9 Å². The highest BCUT2D eigenvalue weighted by Gasteiger charge is 2.23. The zero-order valence-electron chi connectivity index (χ0n) is 31.9. The van der Waals surface area contributed by atoms with Crippen LogP contribution in [-0.4, -0.2) is 63.7 Å². The molecule has 0 saturated heterocycles. The number of hydrogen-bond acceptors (Lipinski definition) is 10. The van der Waals surface area contributed by atoms with Crippen molar-refractivity contribution in [2.24, 2.45) is 0 Å². The summed E-state index contributed by atoms with van der Waals surface area (Å²) >= 11 is 0. The van der Waals surface area contributed by atoms with Crippen molar-refractivity contribution in [1.29, 1.82) is 10.5 Å². The van der Waals surface area contributed by atoms with E-state index in [1.807, 2.05) is 50.7 Å². The SMILES string of the molecule is CCCn1c(NC(=O)c2cc(C)nn2CC)nc2cc(C#N)cc(OCCCOc3cc(C#N)cc4nc(NC(=O)c5cc(C)nn5CC)n(CCC)c34)c21. The average molecular weight is 745 g/mol. The van der Waals surface area contributed by atoms with E-state index in [0.717, 1.165) is 24.2 Å². The number of amides is 2. The highest BCUT2D eigenvalue weighted by Crippen LogP contribution is 2.33. The van der Waals surface area contributed by atoms with Crippen LogP contribution in [0.3, 0.4) is 0 Å². The molecule has 0 bridgehead atoms. The summed E-state index contributed by atoms with van der Waals surface area (Å²) in [5.41, 5.74) is 5.43. The van der Waals surface area contributed by atoms with Gasteiger partial charge in [0.25, 0.3) is 11.8 Å². The Bertz CT molecular complexity index is 2300. The van der Waals surface area contributed by atoms with E-state index < -0.39 is 0 Å². The molecule has 16 heteroatoms. The van der Waals surface area contributed by atoms with Crippen LogP contribution >= 0.6 is 0 Å². The van der Waals surface area contributed by atoms with Crippen LogP contribution in [0.2, 0.25) is 0 Å². The standard InChI is InChI=1S/C39H44N12O4/c1-7-12-48-34-28(42-38(48)44-36(52)30-16-24(5)46-50(30)9-3)18-26(22-40)20-32(34)54-14-11-15-55-33-21-27(23-41)19-29-35(33)49(13-8-2)39(43-29)45-37(53)31-17-25(6)47-51(31)10-4/h16-21H,7-15H2,1-6H3,(H,42,44,52)(H,43,45,53). The quantitative estimate of drug-likeness (QED) is 0.105. The minimum atomic E-state index is -0.335. The third-order valence-electron chi connectivity index (χ3n) is 8.89. The normalized spacial score (nSPS) is 11.1. The van der Waals surface area contributed by atoms with Gasteiger partial charge in [-0.2, -0.15) is 20.7 Å². The van der Waals surface area contributed by atoms with Crippen LogP contribution in [0.5, 0.6) is 11.5 Å². The molecule has 284 valence electrons. The first-order valence-electron chi connectivity index (χ1n) is 18.5. The van der Waals surface area contributed by atoms with Gasteiger partial charge in [-0.25, -0.2) is 9.97 Å². The lowest BCUT2D eigenvalue weighted by Gasteiger charge is -2.14. The molecule has 0 aliphatic rings. The molecule has 0 saturated carbocycles. The van der Waals surface area contributed by atoms with E-state index in [4.69, 9.17) is 19.4 Å². The van der Waals surface area contributed by atoms with E-state index in [1.54, 1.807) is 45.8 Å². The van der Waals surface area contributed by atoms with Crippen molar-refractivity contribution < 1.29 is 19.1 Å². The molecule has 0 fully saturated rings. The number of fused-ring (bicyclic) bond motifs is 2. The Labute approximate surface area is 318 Å². The van der Waals surface area contributed by atoms with Crippen LogP contribution in [0.4, 0.5) is 11.9 Å². The Hall–Kier alpha value is -6.68. The monoisotopic (exact) mass is 744 g/mol. The number of nitrogens with one attached hydrogen (secondary N) is 2. The van der Waals surface area contributed by atoms with Gasteiger partial charge in [-0.3, -0.25) is 29.6 Å². The smallest absolute Gasteiger partial charge is 0.276 e. The van der Waals surface area contributed by atoms with Crippen LogP contribution in [0.25, 0.3) is 22.1 Å². The summed E-state index contributed by atoms with van der Waals surface area (Å²) in [5, 5.41) is 34.3. The van der Waals surface area contributed by atoms with Gasteiger partial charge in [0, 0.05) is 44.7 Å². The van der Waals surface area contributed by atoms with E-state index >= 15 is 0 Å². The van der Waals surface area contributed by atoms with Crippen molar-refractivity contribution in [2.45, 2.75) is 87.0 Å². The largest absolute Gasteiger partial charge is 0.491 e. The Balaban J connectivity index is 1.22. The average Bonchev–Trinajstić information content (AvgIpc) is 3.94. The number of benzene rings is 2. The Morgan fingerprint density at radius 2 is 1.09 bits per heavy atom. The Kier molecular flexibility index (Phi) is 11.5. The molecule has 0 aliphatic carbocycles. The van der Waals surface area contributed by atoms with Crippen LogP contribution in [-0.2, 0) is 26.2 Å². The molecule has 6 aromatic rings. The molecular weight excluding hydrogens is 701 g/mol. The van der Waals surface area contributed by atoms with E-state index in [-0.39, 0.29) is 25.0 Å². The van der Waals surface area contributed by atoms with E-state index in [1.165, 1.54) is 0 Å². The maximum atomic E-state index is 13.4. The summed E-state index contributed by atoms with van der Waals surface area (Å²) in [4.78, 5) is 36.1. The summed E-state index contributed by atoms with van der Waals surface area (Å²) in [6, 6.07) is 14.5. The number of ether oxygens (including phenoxy) is 2. The molecule has 6 rings (SSSR count). The fraction of sp³-hybridized carbons (Fsp3) is 0.385. The van der Waals surface area contributed by atoms with Gasteiger partial charge in [-0.05, 0) is 64.8 Å². The summed E-state index contributed by atoms with van der Waals surface area (Å²) in [5.74, 6) is 0.939. The second-order valence-electron chi connectivity index (χ2n) is 13.0. The van der Waals surface area contributed by atoms with Crippen molar-refractivity contribution >= 4 is 45.8 Å². The van der Waals surface area contributed by atoms with Crippen LogP contribution < -0.4 is 20.1 Å². The van der Waals surface area contributed by atoms with Crippen molar-refractivity contribution in [3.63, 3.8) is 0 Å². The molecule has 2 amide bonds. The molecule has 4 aromatic heterocycles. The second kappa shape index (κ2) is 16.6. The predicted octanol–water partition coefficient (Wildman–Crippen LogP) is 6.35. The molecule has 4 heterocycles. The number of nitrogens with zero attached hydrogens (tertiary/aromatic N) is 10. The molecule has 55 heavy (non-hydrogen) atoms. The lowest BCUT2D eigenvalue weighted by atomic mass is 10.2. The summed E-state index contributed by atoms with van der Waals surface area (Å²) in [6.07, 6.45) is 1.97. The van der Waals surface area contributed by atoms with Gasteiger partial charge in [0.05, 0.1) is 58.9 Å². The predicted molar refractivity (Wildman–Crippen MR) is 206 cm³/mol. The van der Waals surface area contributed by atoms with Crippen molar-refractivity contribution in [2.75, 3.05) is 23.8 Å². The van der Waals surface area contributed by atoms with Crippen LogP contribution in [0, 0.1) is 36.5 Å². The molecule has 0 spiro atoms. The molecule has 0 atom stereocenters.